The van der Waals surface area contributed by atoms with Gasteiger partial charge in [0.2, 0.25) is 0 Å². The molecule has 114 valence electrons. The van der Waals surface area contributed by atoms with Crippen molar-refractivity contribution in [2.75, 3.05) is 0 Å². The van der Waals surface area contributed by atoms with E-state index in [9.17, 15) is 10.2 Å². The van der Waals surface area contributed by atoms with E-state index in [-0.39, 0.29) is 11.5 Å². The molecule has 2 rings (SSSR count). The van der Waals surface area contributed by atoms with Crippen molar-refractivity contribution in [1.82, 2.24) is 10.7 Å². The Bertz CT molecular complexity index is 540. The van der Waals surface area contributed by atoms with Crippen LogP contribution in [0.15, 0.2) is 23.3 Å². The Morgan fingerprint density at radius 3 is 2.62 bits per heavy atom. The van der Waals surface area contributed by atoms with Gasteiger partial charge in [-0.1, -0.05) is 19.3 Å². The van der Waals surface area contributed by atoms with Crippen LogP contribution in [0.3, 0.4) is 0 Å². The number of aromatic hydroxyl groups is 2. The predicted molar refractivity (Wildman–Crippen MR) is 87.7 cm³/mol. The van der Waals surface area contributed by atoms with Gasteiger partial charge in [0.05, 0.1) is 5.71 Å². The molecule has 0 amide bonds. The van der Waals surface area contributed by atoms with Gasteiger partial charge in [-0.15, -0.1) is 0 Å². The monoisotopic (exact) mass is 307 g/mol. The van der Waals surface area contributed by atoms with E-state index < -0.39 is 0 Å². The Labute approximate surface area is 130 Å². The summed E-state index contributed by atoms with van der Waals surface area (Å²) in [6, 6.07) is 4.83. The highest BCUT2D eigenvalue weighted by molar-refractivity contribution is 7.80. The summed E-state index contributed by atoms with van der Waals surface area (Å²) in [6.45, 7) is 1.77. The van der Waals surface area contributed by atoms with Crippen molar-refractivity contribution in [2.45, 2.75) is 45.1 Å². The first-order valence-electron chi connectivity index (χ1n) is 7.19. The fourth-order valence-electron chi connectivity index (χ4n) is 2.49. The lowest BCUT2D eigenvalue weighted by molar-refractivity contribution is 0.412. The molecule has 4 N–H and O–H groups in total. The maximum absolute atomic E-state index is 9.77. The van der Waals surface area contributed by atoms with Crippen LogP contribution in [0.1, 0.15) is 44.6 Å². The smallest absolute Gasteiger partial charge is 0.187 e. The van der Waals surface area contributed by atoms with E-state index in [0.717, 1.165) is 12.8 Å². The Balaban J connectivity index is 1.91. The number of nitrogens with one attached hydrogen (secondary N) is 2. The third kappa shape index (κ3) is 4.60. The second-order valence-corrected chi connectivity index (χ2v) is 5.73. The lowest BCUT2D eigenvalue weighted by Crippen LogP contribution is -2.41. The minimum Gasteiger partial charge on any atom is -0.508 e. The average Bonchev–Trinajstić information content (AvgIpc) is 2.46. The largest absolute Gasteiger partial charge is 0.508 e. The Kier molecular flexibility index (Phi) is 5.38. The molecule has 0 unspecified atom stereocenters. The molecule has 5 nitrogen and oxygen atoms in total. The predicted octanol–water partition coefficient (Wildman–Crippen LogP) is 2.62. The summed E-state index contributed by atoms with van der Waals surface area (Å²) in [6.07, 6.45) is 6.07. The van der Waals surface area contributed by atoms with Gasteiger partial charge in [-0.2, -0.15) is 5.10 Å². The summed E-state index contributed by atoms with van der Waals surface area (Å²) in [7, 11) is 0. The molecular weight excluding hydrogens is 286 g/mol. The number of hydrazone groups is 1. The molecule has 1 aromatic carbocycles. The number of nitrogens with zero attached hydrogens (tertiary/aromatic N) is 1. The van der Waals surface area contributed by atoms with Crippen LogP contribution in [0.25, 0.3) is 0 Å². The maximum atomic E-state index is 9.77. The van der Waals surface area contributed by atoms with Crippen LogP contribution in [-0.4, -0.2) is 27.1 Å². The quantitative estimate of drug-likeness (QED) is 0.392. The topological polar surface area (TPSA) is 76.9 Å². The van der Waals surface area contributed by atoms with Crippen molar-refractivity contribution in [3.05, 3.63) is 23.8 Å². The van der Waals surface area contributed by atoms with E-state index in [1.807, 2.05) is 0 Å². The highest BCUT2D eigenvalue weighted by Gasteiger charge is 2.13. The minimum absolute atomic E-state index is 0.00999. The van der Waals surface area contributed by atoms with Crippen molar-refractivity contribution in [1.29, 1.82) is 0 Å². The summed E-state index contributed by atoms with van der Waals surface area (Å²) in [4.78, 5) is 0. The molecule has 1 saturated carbocycles. The molecule has 6 heteroatoms. The Morgan fingerprint density at radius 2 is 1.95 bits per heavy atom. The average molecular weight is 307 g/mol. The van der Waals surface area contributed by atoms with Crippen LogP contribution in [0, 0.1) is 0 Å². The zero-order valence-electron chi connectivity index (χ0n) is 12.1. The van der Waals surface area contributed by atoms with Gasteiger partial charge in [-0.25, -0.2) is 0 Å². The van der Waals surface area contributed by atoms with Crippen molar-refractivity contribution < 1.29 is 10.2 Å². The van der Waals surface area contributed by atoms with Crippen LogP contribution >= 0.6 is 12.2 Å². The number of rotatable bonds is 3. The van der Waals surface area contributed by atoms with E-state index in [2.05, 4.69) is 15.8 Å². The highest BCUT2D eigenvalue weighted by Crippen LogP contribution is 2.23. The summed E-state index contributed by atoms with van der Waals surface area (Å²) >= 11 is 5.23. The lowest BCUT2D eigenvalue weighted by Gasteiger charge is -2.23. The van der Waals surface area contributed by atoms with Crippen LogP contribution in [-0.2, 0) is 0 Å². The van der Waals surface area contributed by atoms with Crippen LogP contribution < -0.4 is 10.7 Å². The molecule has 0 radical (unpaired) electrons. The summed E-state index contributed by atoms with van der Waals surface area (Å²) < 4.78 is 0. The highest BCUT2D eigenvalue weighted by atomic mass is 32.1. The van der Waals surface area contributed by atoms with Crippen LogP contribution in [0.5, 0.6) is 11.5 Å². The van der Waals surface area contributed by atoms with Gasteiger partial charge >= 0.3 is 0 Å². The van der Waals surface area contributed by atoms with Gasteiger partial charge in [-0.05, 0) is 44.1 Å². The Hall–Kier alpha value is -1.82. The first-order chi connectivity index (χ1) is 10.1. The second-order valence-electron chi connectivity index (χ2n) is 5.32. The van der Waals surface area contributed by atoms with Crippen molar-refractivity contribution in [3.63, 3.8) is 0 Å². The van der Waals surface area contributed by atoms with Gasteiger partial charge in [0.15, 0.2) is 5.11 Å². The molecule has 0 saturated heterocycles. The van der Waals surface area contributed by atoms with E-state index in [0.29, 0.717) is 22.4 Å². The van der Waals surface area contributed by atoms with Gasteiger partial charge in [0, 0.05) is 17.7 Å². The van der Waals surface area contributed by atoms with Gasteiger partial charge < -0.3 is 15.5 Å². The van der Waals surface area contributed by atoms with Gasteiger partial charge in [0.1, 0.15) is 11.5 Å². The number of phenols is 2. The molecule has 1 aliphatic carbocycles. The van der Waals surface area contributed by atoms with E-state index in [4.69, 9.17) is 12.2 Å². The number of hydrogen-bond donors (Lipinski definition) is 4. The molecule has 1 aliphatic rings. The third-order valence-corrected chi connectivity index (χ3v) is 3.85. The van der Waals surface area contributed by atoms with E-state index in [1.165, 1.54) is 31.4 Å². The first-order valence-corrected chi connectivity index (χ1v) is 7.60. The summed E-state index contributed by atoms with van der Waals surface area (Å²) in [5.74, 6) is 0.00991. The van der Waals surface area contributed by atoms with Crippen LogP contribution in [0.4, 0.5) is 0 Å². The molecule has 21 heavy (non-hydrogen) atoms. The molecule has 1 fully saturated rings. The molecular formula is C15H21N3O2S. The number of benzene rings is 1. The fourth-order valence-corrected chi connectivity index (χ4v) is 2.70. The fraction of sp³-hybridized carbons (Fsp3) is 0.467. The number of phenolic OH excluding ortho intramolecular Hbond substituents is 2. The normalized spacial score (nSPS) is 16.5. The van der Waals surface area contributed by atoms with Gasteiger partial charge in [0.25, 0.3) is 0 Å². The van der Waals surface area contributed by atoms with Crippen molar-refractivity contribution >= 4 is 23.0 Å². The molecule has 0 spiro atoms. The SMILES string of the molecule is C/C(=N\NC(=S)NC1CCCCC1)c1ccc(O)cc1O. The van der Waals surface area contributed by atoms with E-state index >= 15 is 0 Å². The molecule has 0 aliphatic heterocycles. The molecule has 0 heterocycles. The zero-order chi connectivity index (χ0) is 15.2. The first kappa shape index (κ1) is 15.6. The van der Waals surface area contributed by atoms with E-state index in [1.54, 1.807) is 13.0 Å². The molecule has 0 atom stereocenters. The van der Waals surface area contributed by atoms with Crippen molar-refractivity contribution in [2.24, 2.45) is 5.10 Å². The standard InChI is InChI=1S/C15H21N3O2S/c1-10(13-8-7-12(19)9-14(13)20)17-18-15(21)16-11-5-3-2-4-6-11/h7-9,11,19-20H,2-6H2,1H3,(H2,16,18,21)/b17-10+. The molecule has 1 aromatic rings. The molecule has 0 bridgehead atoms. The maximum Gasteiger partial charge on any atom is 0.187 e. The summed E-state index contributed by atoms with van der Waals surface area (Å²) in [5, 5.41) is 27.0. The zero-order valence-corrected chi connectivity index (χ0v) is 12.9. The lowest BCUT2D eigenvalue weighted by atomic mass is 9.96. The van der Waals surface area contributed by atoms with Crippen molar-refractivity contribution in [3.8, 4) is 11.5 Å². The minimum atomic E-state index is -0.00999. The Morgan fingerprint density at radius 1 is 1.24 bits per heavy atom. The van der Waals surface area contributed by atoms with Crippen LogP contribution in [0.2, 0.25) is 0 Å². The third-order valence-electron chi connectivity index (χ3n) is 3.64. The molecule has 0 aromatic heterocycles. The summed E-state index contributed by atoms with van der Waals surface area (Å²) in [5.41, 5.74) is 3.96. The second kappa shape index (κ2) is 7.26. The number of hydrogen-bond acceptors (Lipinski definition) is 4. The number of thiocarbonyl (C=S) groups is 1. The van der Waals surface area contributed by atoms with Gasteiger partial charge in [-0.3, -0.25) is 5.43 Å².